The number of quaternary nitrogens is 1. The standard InChI is InChI=1S/C10H11N5O3/c1-7-12-13-10(16)14(7)11-6-8-2-4-9(5-3-8)15(17)18/h2-6,15,17H,1H3,(H,13,16)/b11-6+. The van der Waals surface area contributed by atoms with Gasteiger partial charge in [-0.25, -0.2) is 15.1 Å². The number of aryl methyl sites for hydroxylation is 1. The number of hydrogen-bond acceptors (Lipinski definition) is 5. The lowest BCUT2D eigenvalue weighted by molar-refractivity contribution is -0.991. The fourth-order valence-corrected chi connectivity index (χ4v) is 1.34. The van der Waals surface area contributed by atoms with Crippen LogP contribution in [0.1, 0.15) is 11.4 Å². The molecule has 1 unspecified atom stereocenters. The Kier molecular flexibility index (Phi) is 3.33. The molecule has 1 heterocycles. The zero-order valence-electron chi connectivity index (χ0n) is 9.49. The molecule has 0 aliphatic carbocycles. The Hall–Kier alpha value is -2.29. The number of nitrogens with one attached hydrogen (secondary N) is 2. The minimum Gasteiger partial charge on any atom is -0.595 e. The quantitative estimate of drug-likeness (QED) is 0.486. The second-order valence-electron chi connectivity index (χ2n) is 3.56. The van der Waals surface area contributed by atoms with Crippen LogP contribution in [0.25, 0.3) is 0 Å². The number of rotatable bonds is 3. The summed E-state index contributed by atoms with van der Waals surface area (Å²) in [6, 6.07) is 6.14. The first-order chi connectivity index (χ1) is 8.58. The van der Waals surface area contributed by atoms with Gasteiger partial charge in [0.05, 0.1) is 6.21 Å². The van der Waals surface area contributed by atoms with E-state index in [1.54, 1.807) is 19.1 Å². The van der Waals surface area contributed by atoms with E-state index in [4.69, 9.17) is 5.21 Å². The van der Waals surface area contributed by atoms with E-state index in [0.29, 0.717) is 11.4 Å². The van der Waals surface area contributed by atoms with Gasteiger partial charge < -0.3 is 5.21 Å². The van der Waals surface area contributed by atoms with E-state index < -0.39 is 10.9 Å². The molecular weight excluding hydrogens is 238 g/mol. The summed E-state index contributed by atoms with van der Waals surface area (Å²) in [5.74, 6) is 0.443. The van der Waals surface area contributed by atoms with Crippen molar-refractivity contribution in [1.82, 2.24) is 14.9 Å². The van der Waals surface area contributed by atoms with Crippen LogP contribution in [0.4, 0.5) is 5.69 Å². The summed E-state index contributed by atoms with van der Waals surface area (Å²) in [7, 11) is 0. The largest absolute Gasteiger partial charge is 0.595 e. The molecule has 2 aromatic rings. The highest BCUT2D eigenvalue weighted by Gasteiger charge is 2.01. The summed E-state index contributed by atoms with van der Waals surface area (Å²) in [4.78, 5) is 11.3. The molecular formula is C10H11N5O3. The summed E-state index contributed by atoms with van der Waals surface area (Å²) in [5, 5.41) is 28.3. The maximum Gasteiger partial charge on any atom is 0.364 e. The van der Waals surface area contributed by atoms with Crippen LogP contribution in [0.3, 0.4) is 0 Å². The van der Waals surface area contributed by atoms with Crippen LogP contribution in [-0.2, 0) is 0 Å². The van der Waals surface area contributed by atoms with Crippen molar-refractivity contribution in [2.75, 3.05) is 0 Å². The Morgan fingerprint density at radius 2 is 2.17 bits per heavy atom. The summed E-state index contributed by atoms with van der Waals surface area (Å²) < 4.78 is 1.12. The van der Waals surface area contributed by atoms with E-state index in [1.165, 1.54) is 18.3 Å². The van der Waals surface area contributed by atoms with Crippen molar-refractivity contribution in [1.29, 1.82) is 0 Å². The molecule has 0 saturated carbocycles. The molecule has 0 aliphatic heterocycles. The third-order valence-electron chi connectivity index (χ3n) is 2.29. The molecule has 18 heavy (non-hydrogen) atoms. The molecule has 0 spiro atoms. The van der Waals surface area contributed by atoms with Crippen molar-refractivity contribution in [3.05, 3.63) is 51.3 Å². The lowest BCUT2D eigenvalue weighted by Crippen LogP contribution is -2.99. The predicted molar refractivity (Wildman–Crippen MR) is 62.8 cm³/mol. The summed E-state index contributed by atoms with van der Waals surface area (Å²) in [5.41, 5.74) is 0.460. The molecule has 1 aromatic carbocycles. The van der Waals surface area contributed by atoms with Crippen LogP contribution in [0, 0.1) is 12.1 Å². The van der Waals surface area contributed by atoms with Gasteiger partial charge >= 0.3 is 5.69 Å². The lowest BCUT2D eigenvalue weighted by atomic mass is 10.2. The van der Waals surface area contributed by atoms with Crippen molar-refractivity contribution in [2.24, 2.45) is 5.10 Å². The lowest BCUT2D eigenvalue weighted by Gasteiger charge is -2.10. The Bertz CT molecular complexity index is 611. The van der Waals surface area contributed by atoms with Gasteiger partial charge in [0.15, 0.2) is 11.5 Å². The van der Waals surface area contributed by atoms with Gasteiger partial charge in [-0.3, -0.25) is 0 Å². The number of aromatic nitrogens is 3. The molecule has 3 N–H and O–H groups in total. The zero-order valence-corrected chi connectivity index (χ0v) is 9.49. The van der Waals surface area contributed by atoms with Crippen LogP contribution < -0.4 is 10.9 Å². The molecule has 0 amide bonds. The van der Waals surface area contributed by atoms with Crippen molar-refractivity contribution < 1.29 is 10.4 Å². The first-order valence-corrected chi connectivity index (χ1v) is 5.09. The molecule has 0 fully saturated rings. The van der Waals surface area contributed by atoms with Gasteiger partial charge in [0.25, 0.3) is 0 Å². The average Bonchev–Trinajstić information content (AvgIpc) is 2.67. The zero-order chi connectivity index (χ0) is 13.1. The maximum absolute atomic E-state index is 11.3. The third-order valence-corrected chi connectivity index (χ3v) is 2.29. The van der Waals surface area contributed by atoms with E-state index in [-0.39, 0.29) is 5.69 Å². The van der Waals surface area contributed by atoms with Gasteiger partial charge in [-0.2, -0.15) is 20.1 Å². The maximum atomic E-state index is 11.3. The SMILES string of the molecule is Cc1n[nH]c(=O)n1/N=C/c1ccc([NH+]([O-])O)cc1. The minimum atomic E-state index is -0.986. The number of H-pyrrole nitrogens is 1. The van der Waals surface area contributed by atoms with Gasteiger partial charge in [-0.05, 0) is 24.6 Å². The van der Waals surface area contributed by atoms with Crippen LogP contribution >= 0.6 is 0 Å². The Labute approximate surface area is 101 Å². The Morgan fingerprint density at radius 3 is 2.67 bits per heavy atom. The van der Waals surface area contributed by atoms with Gasteiger partial charge in [0.1, 0.15) is 0 Å². The highest BCUT2D eigenvalue weighted by Crippen LogP contribution is 2.03. The smallest absolute Gasteiger partial charge is 0.364 e. The van der Waals surface area contributed by atoms with Crippen molar-refractivity contribution in [3.8, 4) is 0 Å². The number of aromatic amines is 1. The first-order valence-electron chi connectivity index (χ1n) is 5.09. The van der Waals surface area contributed by atoms with Crippen molar-refractivity contribution in [3.63, 3.8) is 0 Å². The average molecular weight is 249 g/mol. The molecule has 94 valence electrons. The Morgan fingerprint density at radius 1 is 1.50 bits per heavy atom. The van der Waals surface area contributed by atoms with Gasteiger partial charge in [-0.15, -0.1) is 0 Å². The first kappa shape index (κ1) is 12.2. The molecule has 8 nitrogen and oxygen atoms in total. The highest BCUT2D eigenvalue weighted by molar-refractivity contribution is 5.79. The third kappa shape index (κ3) is 2.51. The number of nitrogens with zero attached hydrogens (tertiary/aromatic N) is 3. The summed E-state index contributed by atoms with van der Waals surface area (Å²) >= 11 is 0. The van der Waals surface area contributed by atoms with Crippen LogP contribution in [-0.4, -0.2) is 26.3 Å². The highest BCUT2D eigenvalue weighted by atomic mass is 16.8. The normalized spacial score (nSPS) is 13.1. The van der Waals surface area contributed by atoms with E-state index in [0.717, 1.165) is 4.68 Å². The topological polar surface area (TPSA) is 111 Å². The second kappa shape index (κ2) is 4.92. The fourth-order valence-electron chi connectivity index (χ4n) is 1.34. The number of benzene rings is 1. The monoisotopic (exact) mass is 249 g/mol. The molecule has 8 heteroatoms. The summed E-state index contributed by atoms with van der Waals surface area (Å²) in [6.45, 7) is 1.64. The molecule has 0 bridgehead atoms. The van der Waals surface area contributed by atoms with E-state index >= 15 is 0 Å². The second-order valence-corrected chi connectivity index (χ2v) is 3.56. The molecule has 1 aromatic heterocycles. The van der Waals surface area contributed by atoms with Crippen molar-refractivity contribution >= 4 is 11.9 Å². The fraction of sp³-hybridized carbons (Fsp3) is 0.100. The number of hydrogen-bond donors (Lipinski definition) is 3. The Balaban J connectivity index is 2.22. The minimum absolute atomic E-state index is 0.198. The molecule has 0 aliphatic rings. The summed E-state index contributed by atoms with van der Waals surface area (Å²) in [6.07, 6.45) is 1.45. The van der Waals surface area contributed by atoms with Crippen molar-refractivity contribution in [2.45, 2.75) is 6.92 Å². The van der Waals surface area contributed by atoms with E-state index in [2.05, 4.69) is 15.3 Å². The predicted octanol–water partition coefficient (Wildman–Crippen LogP) is -0.835. The van der Waals surface area contributed by atoms with Crippen LogP contribution in [0.2, 0.25) is 0 Å². The van der Waals surface area contributed by atoms with Gasteiger partial charge in [0.2, 0.25) is 0 Å². The molecule has 0 saturated heterocycles. The van der Waals surface area contributed by atoms with Crippen LogP contribution in [0.15, 0.2) is 34.2 Å². The van der Waals surface area contributed by atoms with E-state index in [9.17, 15) is 10.0 Å². The molecule has 1 atom stereocenters. The van der Waals surface area contributed by atoms with E-state index in [1.807, 2.05) is 0 Å². The van der Waals surface area contributed by atoms with Gasteiger partial charge in [0, 0.05) is 12.1 Å². The van der Waals surface area contributed by atoms with Crippen LogP contribution in [0.5, 0.6) is 0 Å². The van der Waals surface area contributed by atoms with Gasteiger partial charge in [-0.1, -0.05) is 0 Å². The molecule has 0 radical (unpaired) electrons. The molecule has 2 rings (SSSR count).